The van der Waals surface area contributed by atoms with Gasteiger partial charge in [-0.2, -0.15) is 13.2 Å². The fourth-order valence-corrected chi connectivity index (χ4v) is 2.91. The van der Waals surface area contributed by atoms with Crippen molar-refractivity contribution in [2.24, 2.45) is 4.99 Å². The first-order valence-electron chi connectivity index (χ1n) is 8.46. The summed E-state index contributed by atoms with van der Waals surface area (Å²) < 4.78 is 66.2. The zero-order valence-corrected chi connectivity index (χ0v) is 14.8. The van der Waals surface area contributed by atoms with Crippen LogP contribution in [-0.4, -0.2) is 29.1 Å². The third-order valence-corrected chi connectivity index (χ3v) is 4.22. The second-order valence-electron chi connectivity index (χ2n) is 6.16. The van der Waals surface area contributed by atoms with E-state index in [2.05, 4.69) is 9.98 Å². The largest absolute Gasteiger partial charge is 0.429 e. The molecule has 3 rings (SSSR count). The molecule has 0 radical (unpaired) electrons. The number of nitrogens with one attached hydrogen (secondary N) is 2. The summed E-state index contributed by atoms with van der Waals surface area (Å²) >= 11 is 0. The van der Waals surface area contributed by atoms with Gasteiger partial charge < -0.3 is 10.4 Å². The van der Waals surface area contributed by atoms with Crippen LogP contribution in [0.4, 0.5) is 22.0 Å². The molecule has 0 unspecified atom stereocenters. The van der Waals surface area contributed by atoms with Crippen molar-refractivity contribution in [3.05, 3.63) is 59.7 Å². The van der Waals surface area contributed by atoms with Crippen LogP contribution >= 0.6 is 0 Å². The van der Waals surface area contributed by atoms with Crippen LogP contribution in [0, 0.1) is 17.0 Å². The molecule has 0 amide bonds. The molecule has 8 heteroatoms. The van der Waals surface area contributed by atoms with Crippen molar-refractivity contribution in [2.75, 3.05) is 6.54 Å². The lowest BCUT2D eigenvalue weighted by atomic mass is 10.0. The number of rotatable bonds is 5. The predicted molar refractivity (Wildman–Crippen MR) is 99.1 cm³/mol. The molecule has 0 fully saturated rings. The van der Waals surface area contributed by atoms with Gasteiger partial charge in [0.25, 0.3) is 0 Å². The van der Waals surface area contributed by atoms with E-state index in [1.54, 1.807) is 25.1 Å². The fraction of sp³-hybridized carbons (Fsp3) is 0.200. The average Bonchev–Trinajstić information content (AvgIpc) is 3.02. The van der Waals surface area contributed by atoms with Crippen molar-refractivity contribution in [3.8, 4) is 11.3 Å². The van der Waals surface area contributed by atoms with E-state index < -0.39 is 29.9 Å². The van der Waals surface area contributed by atoms with Crippen molar-refractivity contribution < 1.29 is 22.0 Å². The van der Waals surface area contributed by atoms with Gasteiger partial charge in [0.05, 0.1) is 11.3 Å². The average molecular weight is 393 g/mol. The smallest absolute Gasteiger partial charge is 0.354 e. The van der Waals surface area contributed by atoms with Crippen LogP contribution in [0.2, 0.25) is 0 Å². The highest BCUT2D eigenvalue weighted by molar-refractivity contribution is 6.14. The first-order chi connectivity index (χ1) is 13.2. The van der Waals surface area contributed by atoms with Gasteiger partial charge in [-0.25, -0.2) is 8.78 Å². The normalized spacial score (nSPS) is 12.6. The van der Waals surface area contributed by atoms with Gasteiger partial charge in [0.2, 0.25) is 0 Å². The van der Waals surface area contributed by atoms with Gasteiger partial charge in [-0.1, -0.05) is 12.1 Å². The van der Waals surface area contributed by atoms with Crippen molar-refractivity contribution in [1.82, 2.24) is 4.98 Å². The van der Waals surface area contributed by atoms with E-state index in [0.29, 0.717) is 16.5 Å². The molecule has 0 saturated heterocycles. The molecule has 0 bridgehead atoms. The number of benzene rings is 2. The molecule has 1 aromatic heterocycles. The monoisotopic (exact) mass is 393 g/mol. The molecular formula is C20H16F5N3. The Labute approximate surface area is 157 Å². The van der Waals surface area contributed by atoms with Crippen molar-refractivity contribution in [3.63, 3.8) is 0 Å². The summed E-state index contributed by atoms with van der Waals surface area (Å²) in [5, 5.41) is 7.80. The van der Waals surface area contributed by atoms with Gasteiger partial charge in [0, 0.05) is 29.6 Å². The number of alkyl halides is 3. The Balaban J connectivity index is 2.02. The number of fused-ring (bicyclic) bond motifs is 1. The lowest BCUT2D eigenvalue weighted by molar-refractivity contribution is -0.0605. The molecule has 28 heavy (non-hydrogen) atoms. The van der Waals surface area contributed by atoms with Crippen molar-refractivity contribution >= 4 is 22.3 Å². The first-order valence-corrected chi connectivity index (χ1v) is 8.46. The second kappa shape index (κ2) is 7.53. The van der Waals surface area contributed by atoms with Crippen LogP contribution < -0.4 is 0 Å². The summed E-state index contributed by atoms with van der Waals surface area (Å²) in [4.78, 5) is 7.01. The van der Waals surface area contributed by atoms with Crippen LogP contribution in [0.3, 0.4) is 0 Å². The standard InChI is InChI=1S/C20H16F5N3/c1-2-27-16(10-18(26)20(23,24)25)11-6-7-15-12(8-11)9-17(28-15)19-13(21)4-3-5-14(19)22/h3-9,26,28H,2,10H2,1H3. The maximum Gasteiger partial charge on any atom is 0.429 e. The quantitative estimate of drug-likeness (QED) is 0.401. The highest BCUT2D eigenvalue weighted by Gasteiger charge is 2.34. The minimum absolute atomic E-state index is 0.131. The predicted octanol–water partition coefficient (Wildman–Crippen LogP) is 5.89. The summed E-state index contributed by atoms with van der Waals surface area (Å²) in [6.45, 7) is 1.95. The summed E-state index contributed by atoms with van der Waals surface area (Å²) in [5.74, 6) is -1.45. The lowest BCUT2D eigenvalue weighted by Gasteiger charge is -2.11. The van der Waals surface area contributed by atoms with Crippen LogP contribution in [0.15, 0.2) is 47.5 Å². The Morgan fingerprint density at radius 3 is 2.36 bits per heavy atom. The summed E-state index contributed by atoms with van der Waals surface area (Å²) in [7, 11) is 0. The molecule has 0 spiro atoms. The van der Waals surface area contributed by atoms with Gasteiger partial charge in [-0.15, -0.1) is 0 Å². The van der Waals surface area contributed by atoms with Gasteiger partial charge in [0.15, 0.2) is 0 Å². The molecule has 3 aromatic rings. The number of hydrogen-bond acceptors (Lipinski definition) is 2. The third kappa shape index (κ3) is 3.95. The molecule has 2 aromatic carbocycles. The van der Waals surface area contributed by atoms with E-state index in [1.807, 2.05) is 0 Å². The van der Waals surface area contributed by atoms with Gasteiger partial charge in [-0.3, -0.25) is 4.99 Å². The van der Waals surface area contributed by atoms with Crippen molar-refractivity contribution in [2.45, 2.75) is 19.5 Å². The van der Waals surface area contributed by atoms with Gasteiger partial charge in [-0.05, 0) is 42.8 Å². The van der Waals surface area contributed by atoms with Crippen LogP contribution in [-0.2, 0) is 0 Å². The maximum absolute atomic E-state index is 14.0. The lowest BCUT2D eigenvalue weighted by Crippen LogP contribution is -2.25. The van der Waals surface area contributed by atoms with Gasteiger partial charge in [0.1, 0.15) is 17.3 Å². The van der Waals surface area contributed by atoms with Crippen molar-refractivity contribution in [1.29, 1.82) is 5.41 Å². The maximum atomic E-state index is 14.0. The molecule has 1 heterocycles. The summed E-state index contributed by atoms with van der Waals surface area (Å²) in [6.07, 6.45) is -5.37. The molecule has 3 nitrogen and oxygen atoms in total. The third-order valence-electron chi connectivity index (χ3n) is 4.22. The first kappa shape index (κ1) is 19.7. The zero-order valence-electron chi connectivity index (χ0n) is 14.8. The molecule has 0 atom stereocenters. The number of aromatic amines is 1. The Morgan fingerprint density at radius 2 is 1.75 bits per heavy atom. The molecule has 146 valence electrons. The minimum atomic E-state index is -4.72. The van der Waals surface area contributed by atoms with E-state index in [9.17, 15) is 22.0 Å². The molecule has 2 N–H and O–H groups in total. The van der Waals surface area contributed by atoms with E-state index in [-0.39, 0.29) is 23.5 Å². The number of hydrogen-bond donors (Lipinski definition) is 2. The van der Waals surface area contributed by atoms with Crippen LogP contribution in [0.5, 0.6) is 0 Å². The molecule has 0 aliphatic rings. The number of H-pyrrole nitrogens is 1. The zero-order chi connectivity index (χ0) is 20.5. The van der Waals surface area contributed by atoms with E-state index in [0.717, 1.165) is 12.1 Å². The Morgan fingerprint density at radius 1 is 1.07 bits per heavy atom. The fourth-order valence-electron chi connectivity index (χ4n) is 2.91. The van der Waals surface area contributed by atoms with E-state index in [1.165, 1.54) is 12.1 Å². The summed E-state index contributed by atoms with van der Waals surface area (Å²) in [5.41, 5.74) is -0.248. The Bertz CT molecular complexity index is 1040. The van der Waals surface area contributed by atoms with Gasteiger partial charge >= 0.3 is 6.18 Å². The molecular weight excluding hydrogens is 377 g/mol. The second-order valence-corrected chi connectivity index (χ2v) is 6.16. The summed E-state index contributed by atoms with van der Waals surface area (Å²) in [6, 6.07) is 9.84. The molecule has 0 saturated carbocycles. The number of halogens is 5. The van der Waals surface area contributed by atoms with E-state index in [4.69, 9.17) is 5.41 Å². The number of aromatic nitrogens is 1. The van der Waals surface area contributed by atoms with Crippen LogP contribution in [0.1, 0.15) is 18.9 Å². The van der Waals surface area contributed by atoms with Crippen LogP contribution in [0.25, 0.3) is 22.2 Å². The Hall–Kier alpha value is -3.03. The molecule has 0 aliphatic heterocycles. The minimum Gasteiger partial charge on any atom is -0.354 e. The SMILES string of the molecule is CCN=C(CC(=N)C(F)(F)F)c1ccc2[nH]c(-c3c(F)cccc3F)cc2c1. The number of aliphatic imine (C=N–C) groups is 1. The highest BCUT2D eigenvalue weighted by Crippen LogP contribution is 2.29. The number of nitrogens with zero attached hydrogens (tertiary/aromatic N) is 1. The van der Waals surface area contributed by atoms with E-state index >= 15 is 0 Å². The Kier molecular flexibility index (Phi) is 5.31. The highest BCUT2D eigenvalue weighted by atomic mass is 19.4. The topological polar surface area (TPSA) is 52.0 Å². The molecule has 0 aliphatic carbocycles.